The lowest BCUT2D eigenvalue weighted by Gasteiger charge is -2.13. The molecular formula is C64H60B4N8O12. The fraction of sp³-hybridized carbons (Fsp3) is 0.250. The summed E-state index contributed by atoms with van der Waals surface area (Å²) in [6, 6.07) is 29.9. The molecule has 4 N–H and O–H groups in total. The van der Waals surface area contributed by atoms with Gasteiger partial charge in [0.25, 0.3) is 0 Å². The molecule has 20 nitrogen and oxygen atoms in total. The molecular weight excluding hydrogens is 1120 g/mol. The van der Waals surface area contributed by atoms with Gasteiger partial charge >= 0.3 is 28.5 Å². The quantitative estimate of drug-likeness (QED) is 0.107. The topological polar surface area (TPSA) is 301 Å². The Morgan fingerprint density at radius 3 is 1.12 bits per heavy atom. The molecule has 0 saturated carbocycles. The van der Waals surface area contributed by atoms with Crippen molar-refractivity contribution in [3.63, 3.8) is 0 Å². The number of pyridine rings is 4. The Kier molecular flexibility index (Phi) is 19.1. The summed E-state index contributed by atoms with van der Waals surface area (Å²) in [4.78, 5) is 17.5. The minimum absolute atomic E-state index is 0.299. The molecule has 4 aromatic carbocycles. The molecule has 88 heavy (non-hydrogen) atoms. The van der Waals surface area contributed by atoms with E-state index in [1.165, 1.54) is 0 Å². The van der Waals surface area contributed by atoms with E-state index in [0.717, 1.165) is 111 Å². The number of aromatic nitrogens is 4. The summed E-state index contributed by atoms with van der Waals surface area (Å²) in [6.45, 7) is 24.0. The Labute approximate surface area is 511 Å². The first-order valence-electron chi connectivity index (χ1n) is 28.0. The average molecular weight is 1180 g/mol. The molecule has 0 radical (unpaired) electrons. The zero-order valence-electron chi connectivity index (χ0n) is 50.7. The second-order valence-electron chi connectivity index (χ2n) is 21.6. The molecule has 4 aliphatic heterocycles. The average Bonchev–Trinajstić information content (AvgIpc) is 3.80. The van der Waals surface area contributed by atoms with Crippen LogP contribution in [0, 0.1) is 128 Å². The van der Waals surface area contributed by atoms with E-state index in [1.54, 1.807) is 48.5 Å². The predicted octanol–water partition coefficient (Wildman–Crippen LogP) is 7.55. The maximum atomic E-state index is 9.72. The summed E-state index contributed by atoms with van der Waals surface area (Å²) in [5, 5.41) is 75.7. The molecule has 0 bridgehead atoms. The molecule has 0 amide bonds. The van der Waals surface area contributed by atoms with Crippen LogP contribution in [0.3, 0.4) is 0 Å². The van der Waals surface area contributed by atoms with Gasteiger partial charge in [-0.1, -0.05) is 24.3 Å². The minimum atomic E-state index is -0.878. The van der Waals surface area contributed by atoms with E-state index in [1.807, 2.05) is 107 Å². The molecule has 0 saturated heterocycles. The molecule has 4 aromatic heterocycles. The predicted molar refractivity (Wildman–Crippen MR) is 328 cm³/mol. The van der Waals surface area contributed by atoms with Crippen LogP contribution in [0.1, 0.15) is 112 Å². The number of nitrogens with zero attached hydrogens (tertiary/aromatic N) is 8. The Balaban J connectivity index is 0.000000140. The van der Waals surface area contributed by atoms with Gasteiger partial charge in [0, 0.05) is 34.9 Å². The van der Waals surface area contributed by atoms with Gasteiger partial charge < -0.3 is 57.7 Å². The van der Waals surface area contributed by atoms with Crippen molar-refractivity contribution >= 4 is 50.3 Å². The molecule has 440 valence electrons. The third-order valence-electron chi connectivity index (χ3n) is 15.8. The standard InChI is InChI=1S/4C16H15BN2O3/c1-9-4-14-13(8-21-17(14)20)5-15(9)22-16-6-12(7-18)10(2)11(3)19-16;1-9-4-12(7-18)16(19-11(9)3)22-15-6-13-8-21-17(20)14(13)5-10(15)2;1-9-11(3)19-16(6-12(9)7-18)22-15-5-4-14-13(10(15)2)8-21-17(14)20;1-9-6-12(7-18)16(19-11(9)3)22-15-5-4-14-13(10(15)2)8-21-17(14)20/h4*4-6,20H,8H2,1-3H3. The second kappa shape index (κ2) is 26.7. The van der Waals surface area contributed by atoms with Gasteiger partial charge in [0.15, 0.2) is 0 Å². The molecule has 0 aliphatic carbocycles. The van der Waals surface area contributed by atoms with E-state index in [2.05, 4.69) is 44.2 Å². The number of nitriles is 4. The van der Waals surface area contributed by atoms with E-state index in [4.69, 9.17) is 48.1 Å². The zero-order valence-corrected chi connectivity index (χ0v) is 50.7. The molecule has 0 fully saturated rings. The zero-order chi connectivity index (χ0) is 63.4. The number of aryl methyl sites for hydroxylation is 8. The van der Waals surface area contributed by atoms with Gasteiger partial charge in [-0.15, -0.1) is 0 Å². The van der Waals surface area contributed by atoms with Crippen LogP contribution in [-0.4, -0.2) is 68.5 Å². The van der Waals surface area contributed by atoms with Crippen LogP contribution in [0.5, 0.6) is 46.5 Å². The van der Waals surface area contributed by atoms with Gasteiger partial charge in [0.1, 0.15) is 46.3 Å². The lowest BCUT2D eigenvalue weighted by atomic mass is 9.78. The van der Waals surface area contributed by atoms with Crippen LogP contribution < -0.4 is 40.8 Å². The largest absolute Gasteiger partial charge is 0.491 e. The monoisotopic (exact) mass is 1180 g/mol. The molecule has 4 aliphatic rings. The number of fused-ring (bicyclic) bond motifs is 4. The molecule has 0 atom stereocenters. The van der Waals surface area contributed by atoms with Crippen LogP contribution >= 0.6 is 0 Å². The van der Waals surface area contributed by atoms with Crippen molar-refractivity contribution in [1.29, 1.82) is 21.0 Å². The lowest BCUT2D eigenvalue weighted by Crippen LogP contribution is -2.28. The summed E-state index contributed by atoms with van der Waals surface area (Å²) < 4.78 is 44.2. The lowest BCUT2D eigenvalue weighted by molar-refractivity contribution is 0.274. The van der Waals surface area contributed by atoms with Crippen LogP contribution in [0.15, 0.2) is 72.8 Å². The fourth-order valence-corrected chi connectivity index (χ4v) is 9.90. The van der Waals surface area contributed by atoms with E-state index in [-0.39, 0.29) is 0 Å². The Morgan fingerprint density at radius 1 is 0.364 bits per heavy atom. The SMILES string of the molecule is Cc1cc(C#N)c(Oc2ccc3c(c2C)COB3O)nc1C.Cc1cc2c(cc1Oc1cc(C#N)c(C)c(C)n1)COB2O.Cc1cc2c(cc1Oc1nc(C)c(C)cc1C#N)COB2O.Cc1nc(Oc2ccc3c(c2C)COB3O)cc(C#N)c1C. The van der Waals surface area contributed by atoms with Crippen molar-refractivity contribution in [2.75, 3.05) is 0 Å². The van der Waals surface area contributed by atoms with Crippen LogP contribution in [0.25, 0.3) is 0 Å². The van der Waals surface area contributed by atoms with Crippen LogP contribution in [0.2, 0.25) is 0 Å². The van der Waals surface area contributed by atoms with Crippen molar-refractivity contribution in [2.24, 2.45) is 0 Å². The van der Waals surface area contributed by atoms with Crippen molar-refractivity contribution in [2.45, 2.75) is 110 Å². The third-order valence-corrected chi connectivity index (χ3v) is 15.8. The molecule has 12 rings (SSSR count). The van der Waals surface area contributed by atoms with Crippen LogP contribution in [-0.2, 0) is 45.0 Å². The minimum Gasteiger partial charge on any atom is -0.439 e. The first kappa shape index (κ1) is 63.1. The highest BCUT2D eigenvalue weighted by molar-refractivity contribution is 6.63. The summed E-state index contributed by atoms with van der Waals surface area (Å²) >= 11 is 0. The number of rotatable bonds is 8. The van der Waals surface area contributed by atoms with Crippen molar-refractivity contribution < 1.29 is 57.7 Å². The Bertz CT molecular complexity index is 4130. The summed E-state index contributed by atoms with van der Waals surface area (Å²) in [6.07, 6.45) is 0. The smallest absolute Gasteiger partial charge is 0.439 e. The van der Waals surface area contributed by atoms with Gasteiger partial charge in [0.2, 0.25) is 23.5 Å². The highest BCUT2D eigenvalue weighted by Gasteiger charge is 2.33. The first-order chi connectivity index (χ1) is 42.0. The number of ether oxygens (including phenoxy) is 4. The first-order valence-corrected chi connectivity index (χ1v) is 28.0. The van der Waals surface area contributed by atoms with Gasteiger partial charge in [-0.2, -0.15) is 21.0 Å². The maximum absolute atomic E-state index is 9.72. The summed E-state index contributed by atoms with van der Waals surface area (Å²) in [5.74, 6) is 3.91. The fourth-order valence-electron chi connectivity index (χ4n) is 9.90. The summed E-state index contributed by atoms with van der Waals surface area (Å²) in [7, 11) is -3.49. The van der Waals surface area contributed by atoms with E-state index < -0.39 is 28.5 Å². The third kappa shape index (κ3) is 13.4. The van der Waals surface area contributed by atoms with E-state index in [9.17, 15) is 30.6 Å². The van der Waals surface area contributed by atoms with Gasteiger partial charge in [-0.3, -0.25) is 0 Å². The van der Waals surface area contributed by atoms with Gasteiger partial charge in [-0.05, 0) is 208 Å². The van der Waals surface area contributed by atoms with E-state index in [0.29, 0.717) is 95.2 Å². The van der Waals surface area contributed by atoms with Crippen LogP contribution in [0.4, 0.5) is 0 Å². The van der Waals surface area contributed by atoms with Crippen molar-refractivity contribution in [3.05, 3.63) is 185 Å². The van der Waals surface area contributed by atoms with Gasteiger partial charge in [0.05, 0.1) is 49.7 Å². The molecule has 8 aromatic rings. The highest BCUT2D eigenvalue weighted by atomic mass is 16.5. The van der Waals surface area contributed by atoms with E-state index >= 15 is 0 Å². The molecule has 8 heterocycles. The maximum Gasteiger partial charge on any atom is 0.491 e. The number of benzene rings is 4. The Hall–Kier alpha value is -9.42. The number of hydrogen-bond acceptors (Lipinski definition) is 20. The highest BCUT2D eigenvalue weighted by Crippen LogP contribution is 2.34. The van der Waals surface area contributed by atoms with Crippen molar-refractivity contribution in [3.8, 4) is 70.8 Å². The normalized spacial score (nSPS) is 13.0. The van der Waals surface area contributed by atoms with Gasteiger partial charge in [-0.25, -0.2) is 19.9 Å². The summed E-state index contributed by atoms with van der Waals surface area (Å²) in [5.41, 5.74) is 19.0. The molecule has 0 unspecified atom stereocenters. The molecule has 0 spiro atoms. The molecule has 24 heteroatoms. The number of hydrogen-bond donors (Lipinski definition) is 4. The second-order valence-corrected chi connectivity index (χ2v) is 21.6. The Morgan fingerprint density at radius 2 is 0.716 bits per heavy atom. The van der Waals surface area contributed by atoms with Crippen molar-refractivity contribution in [1.82, 2.24) is 19.9 Å².